The molecule has 1 atom stereocenters. The Hall–Kier alpha value is -8.00. The monoisotopic (exact) mass is 1020 g/mol. The van der Waals surface area contributed by atoms with Gasteiger partial charge >= 0.3 is 0 Å². The molecule has 79 heavy (non-hydrogen) atoms. The van der Waals surface area contributed by atoms with Crippen LogP contribution in [0.4, 0.5) is 17.1 Å². The van der Waals surface area contributed by atoms with Gasteiger partial charge in [-0.05, 0) is 181 Å². The van der Waals surface area contributed by atoms with Crippen LogP contribution in [0.25, 0.3) is 66.8 Å². The van der Waals surface area contributed by atoms with Crippen LogP contribution < -0.4 is 4.90 Å². The van der Waals surface area contributed by atoms with Crippen molar-refractivity contribution in [2.24, 2.45) is 0 Å². The van der Waals surface area contributed by atoms with Gasteiger partial charge in [-0.25, -0.2) is 0 Å². The summed E-state index contributed by atoms with van der Waals surface area (Å²) in [5.74, 6) is 0. The van der Waals surface area contributed by atoms with Gasteiger partial charge in [0.25, 0.3) is 0 Å². The maximum Gasteiger partial charge on any atom is 0.0726 e. The minimum absolute atomic E-state index is 0.0395. The van der Waals surface area contributed by atoms with Crippen LogP contribution in [0.5, 0.6) is 0 Å². The minimum Gasteiger partial charge on any atom is -0.310 e. The molecule has 0 saturated carbocycles. The number of aryl methyl sites for hydroxylation is 2. The maximum atomic E-state index is 2.61. The first-order valence-corrected chi connectivity index (χ1v) is 29.8. The van der Waals surface area contributed by atoms with E-state index in [2.05, 4.69) is 257 Å². The fraction of sp³-hybridized carbons (Fsp3) is 0.231. The molecule has 390 valence electrons. The molecule has 0 bridgehead atoms. The second kappa shape index (κ2) is 21.3. The van der Waals surface area contributed by atoms with Gasteiger partial charge in [-0.3, -0.25) is 0 Å². The molecule has 0 aromatic heterocycles. The van der Waals surface area contributed by atoms with Gasteiger partial charge in [-0.2, -0.15) is 0 Å². The Morgan fingerprint density at radius 1 is 0.291 bits per heavy atom. The molecule has 1 spiro atoms. The summed E-state index contributed by atoms with van der Waals surface area (Å²) in [6.07, 6.45) is 15.5. The van der Waals surface area contributed by atoms with Gasteiger partial charge in [0.2, 0.25) is 0 Å². The van der Waals surface area contributed by atoms with E-state index in [0.717, 1.165) is 17.1 Å². The zero-order valence-corrected chi connectivity index (χ0v) is 46.8. The lowest BCUT2D eigenvalue weighted by Crippen LogP contribution is -2.26. The molecule has 0 aliphatic heterocycles. The Labute approximate surface area is 470 Å². The standard InChI is InChI=1S/C78H73N/c1-5-7-9-11-12-23-49-77(48-22-10-8-6-2)74-50-54(3)32-45-67(74)68-46-39-60(52-75(68)77)59-34-33-55(4)70(51-59)58-37-42-62(43-38-58)79(61-40-35-57(36-41-61)56-24-14-13-15-25-56)63-44-47-69-66-28-18-21-31-73(66)78(76(69)53-63)71-29-19-16-26-64(71)65-27-17-20-30-72(65)78/h13-21,24-47,50-53H,5-12,22-23,48-49H2,1-4H3. The predicted molar refractivity (Wildman–Crippen MR) is 336 cm³/mol. The molecule has 3 aliphatic carbocycles. The van der Waals surface area contributed by atoms with Crippen molar-refractivity contribution in [2.75, 3.05) is 4.90 Å². The fourth-order valence-electron chi connectivity index (χ4n) is 14.5. The minimum atomic E-state index is -0.434. The molecule has 13 rings (SSSR count). The van der Waals surface area contributed by atoms with Crippen molar-refractivity contribution in [3.05, 3.63) is 269 Å². The summed E-state index contributed by atoms with van der Waals surface area (Å²) in [6, 6.07) is 85.8. The van der Waals surface area contributed by atoms with Gasteiger partial charge in [0.1, 0.15) is 0 Å². The molecule has 0 fully saturated rings. The van der Waals surface area contributed by atoms with Crippen LogP contribution >= 0.6 is 0 Å². The lowest BCUT2D eigenvalue weighted by Gasteiger charge is -2.33. The Bertz CT molecular complexity index is 3780. The summed E-state index contributed by atoms with van der Waals surface area (Å²) in [5.41, 5.74) is 29.8. The zero-order valence-electron chi connectivity index (χ0n) is 46.8. The number of nitrogens with zero attached hydrogens (tertiary/aromatic N) is 1. The normalized spacial score (nSPS) is 14.8. The molecule has 0 heterocycles. The topological polar surface area (TPSA) is 3.24 Å². The van der Waals surface area contributed by atoms with Crippen molar-refractivity contribution in [1.29, 1.82) is 0 Å². The molecule has 1 unspecified atom stereocenters. The number of anilines is 3. The Morgan fingerprint density at radius 3 is 1.34 bits per heavy atom. The largest absolute Gasteiger partial charge is 0.310 e. The zero-order chi connectivity index (χ0) is 53.5. The average Bonchev–Trinajstić information content (AvgIpc) is 2.70. The van der Waals surface area contributed by atoms with Gasteiger partial charge < -0.3 is 4.90 Å². The van der Waals surface area contributed by atoms with Crippen molar-refractivity contribution >= 4 is 17.1 Å². The van der Waals surface area contributed by atoms with E-state index >= 15 is 0 Å². The van der Waals surface area contributed by atoms with Crippen LogP contribution in [0, 0.1) is 13.8 Å². The molecule has 10 aromatic rings. The van der Waals surface area contributed by atoms with E-state index in [1.807, 2.05) is 0 Å². The summed E-state index contributed by atoms with van der Waals surface area (Å²) < 4.78 is 0. The Balaban J connectivity index is 0.890. The first-order valence-electron chi connectivity index (χ1n) is 29.8. The van der Waals surface area contributed by atoms with Gasteiger partial charge in [0, 0.05) is 22.5 Å². The van der Waals surface area contributed by atoms with Crippen LogP contribution in [0.3, 0.4) is 0 Å². The average molecular weight is 1020 g/mol. The molecular formula is C78H73N. The second-order valence-corrected chi connectivity index (χ2v) is 23.2. The van der Waals surface area contributed by atoms with Crippen molar-refractivity contribution in [2.45, 2.75) is 116 Å². The van der Waals surface area contributed by atoms with E-state index in [-0.39, 0.29) is 5.41 Å². The summed E-state index contributed by atoms with van der Waals surface area (Å²) in [5, 5.41) is 0. The molecule has 10 aromatic carbocycles. The van der Waals surface area contributed by atoms with Crippen molar-refractivity contribution in [1.82, 2.24) is 0 Å². The lowest BCUT2D eigenvalue weighted by atomic mass is 9.70. The predicted octanol–water partition coefficient (Wildman–Crippen LogP) is 22.1. The number of unbranched alkanes of at least 4 members (excludes halogenated alkanes) is 8. The fourth-order valence-corrected chi connectivity index (χ4v) is 14.5. The first-order chi connectivity index (χ1) is 38.9. The van der Waals surface area contributed by atoms with Gasteiger partial charge in [0.05, 0.1) is 5.41 Å². The third-order valence-electron chi connectivity index (χ3n) is 18.4. The summed E-state index contributed by atoms with van der Waals surface area (Å²) in [7, 11) is 0. The third-order valence-corrected chi connectivity index (χ3v) is 18.4. The molecule has 0 radical (unpaired) electrons. The number of fused-ring (bicyclic) bond motifs is 13. The van der Waals surface area contributed by atoms with Crippen molar-refractivity contribution in [3.63, 3.8) is 0 Å². The highest BCUT2D eigenvalue weighted by Gasteiger charge is 2.52. The molecule has 3 aliphatic rings. The van der Waals surface area contributed by atoms with E-state index < -0.39 is 5.41 Å². The maximum absolute atomic E-state index is 2.61. The summed E-state index contributed by atoms with van der Waals surface area (Å²) in [6.45, 7) is 9.22. The molecule has 0 amide bonds. The highest BCUT2D eigenvalue weighted by atomic mass is 15.1. The number of rotatable bonds is 18. The molecule has 0 saturated heterocycles. The van der Waals surface area contributed by atoms with Gasteiger partial charge in [-0.15, -0.1) is 0 Å². The second-order valence-electron chi connectivity index (χ2n) is 23.2. The van der Waals surface area contributed by atoms with E-state index in [9.17, 15) is 0 Å². The van der Waals surface area contributed by atoms with Crippen LogP contribution in [0.15, 0.2) is 224 Å². The van der Waals surface area contributed by atoms with Crippen molar-refractivity contribution in [3.8, 4) is 66.8 Å². The molecule has 0 N–H and O–H groups in total. The summed E-state index contributed by atoms with van der Waals surface area (Å²) in [4.78, 5) is 2.47. The van der Waals surface area contributed by atoms with Gasteiger partial charge in [0.15, 0.2) is 0 Å². The van der Waals surface area contributed by atoms with E-state index in [4.69, 9.17) is 0 Å². The van der Waals surface area contributed by atoms with E-state index in [1.54, 1.807) is 11.1 Å². The highest BCUT2D eigenvalue weighted by Crippen LogP contribution is 2.63. The quantitative estimate of drug-likeness (QED) is 0.0774. The van der Waals surface area contributed by atoms with Crippen LogP contribution in [-0.4, -0.2) is 0 Å². The number of benzene rings is 10. The number of hydrogen-bond donors (Lipinski definition) is 0. The van der Waals surface area contributed by atoms with Crippen LogP contribution in [0.2, 0.25) is 0 Å². The van der Waals surface area contributed by atoms with E-state index in [1.165, 1.54) is 177 Å². The number of hydrogen-bond acceptors (Lipinski definition) is 1. The molecule has 1 heteroatoms. The Kier molecular flexibility index (Phi) is 13.6. The smallest absolute Gasteiger partial charge is 0.0726 e. The van der Waals surface area contributed by atoms with Crippen LogP contribution in [-0.2, 0) is 10.8 Å². The third kappa shape index (κ3) is 8.69. The molecular weight excluding hydrogens is 951 g/mol. The van der Waals surface area contributed by atoms with Crippen molar-refractivity contribution < 1.29 is 0 Å². The molecule has 1 nitrogen and oxygen atoms in total. The van der Waals surface area contributed by atoms with E-state index in [0.29, 0.717) is 0 Å². The Morgan fingerprint density at radius 2 is 0.722 bits per heavy atom. The van der Waals surface area contributed by atoms with Crippen LogP contribution in [0.1, 0.15) is 135 Å². The highest BCUT2D eigenvalue weighted by molar-refractivity contribution is 5.96. The van der Waals surface area contributed by atoms with Gasteiger partial charge in [-0.1, -0.05) is 260 Å². The lowest BCUT2D eigenvalue weighted by molar-refractivity contribution is 0.399. The summed E-state index contributed by atoms with van der Waals surface area (Å²) >= 11 is 0. The SMILES string of the molecule is CCCCCCCCC1(CCCCCC)c2cc(C)ccc2-c2ccc(-c3ccc(C)c(-c4ccc(N(c5ccc(-c6ccccc6)cc5)c5ccc6c(c5)C5(c7ccccc7-c7ccccc75)c5ccccc5-6)cc4)c3)cc21. The first kappa shape index (κ1) is 50.5.